The second-order valence-electron chi connectivity index (χ2n) is 11.2. The van der Waals surface area contributed by atoms with Gasteiger partial charge < -0.3 is 29.4 Å². The third-order valence-electron chi connectivity index (χ3n) is 5.12. The lowest BCUT2D eigenvalue weighted by atomic mass is 9.97. The fraction of sp³-hybridized carbons (Fsp3) is 0.643. The minimum absolute atomic E-state index is 0.0415. The number of hydrogen-bond acceptors (Lipinski definition) is 10. The highest BCUT2D eigenvalue weighted by Gasteiger charge is 2.29. The number of rotatable bonds is 12. The molecular formula is C28H43NO9. The maximum atomic E-state index is 12.5. The zero-order chi connectivity index (χ0) is 29.1. The number of nitrogens with two attached hydrogens (primary N) is 1. The first kappa shape index (κ1) is 32.9. The lowest BCUT2D eigenvalue weighted by molar-refractivity contribution is -0.152. The van der Waals surface area contributed by atoms with Gasteiger partial charge in [-0.05, 0) is 79.0 Å². The SMILES string of the molecule is CCCCCOC(=O)OC[C@H](C)OC(=O)[C@@H](N)Cc1ccc(OC(=O)C(C)(C)C)c(OC(=O)C(C)(C)C)c1. The normalized spacial score (nSPS) is 13.2. The molecule has 214 valence electrons. The Morgan fingerprint density at radius 3 is 2.00 bits per heavy atom. The van der Waals surface area contributed by atoms with E-state index >= 15 is 0 Å². The van der Waals surface area contributed by atoms with Crippen LogP contribution in [0.1, 0.15) is 80.2 Å². The van der Waals surface area contributed by atoms with Gasteiger partial charge in [-0.3, -0.25) is 14.4 Å². The summed E-state index contributed by atoms with van der Waals surface area (Å²) in [6.07, 6.45) is 1.20. The Morgan fingerprint density at radius 1 is 0.868 bits per heavy atom. The van der Waals surface area contributed by atoms with E-state index in [1.54, 1.807) is 54.5 Å². The average Bonchev–Trinajstić information content (AvgIpc) is 2.80. The fourth-order valence-corrected chi connectivity index (χ4v) is 2.74. The van der Waals surface area contributed by atoms with Gasteiger partial charge in [-0.15, -0.1) is 0 Å². The molecule has 0 amide bonds. The van der Waals surface area contributed by atoms with Crippen LogP contribution < -0.4 is 15.2 Å². The van der Waals surface area contributed by atoms with E-state index in [0.29, 0.717) is 5.56 Å². The summed E-state index contributed by atoms with van der Waals surface area (Å²) < 4.78 is 26.2. The molecule has 0 saturated heterocycles. The molecule has 1 aromatic rings. The van der Waals surface area contributed by atoms with Crippen LogP contribution in [0.4, 0.5) is 4.79 Å². The van der Waals surface area contributed by atoms with Gasteiger partial charge in [0.15, 0.2) is 11.5 Å². The van der Waals surface area contributed by atoms with Gasteiger partial charge in [0.25, 0.3) is 0 Å². The van der Waals surface area contributed by atoms with Crippen molar-refractivity contribution in [3.05, 3.63) is 23.8 Å². The van der Waals surface area contributed by atoms with Crippen LogP contribution >= 0.6 is 0 Å². The molecule has 1 rings (SSSR count). The quantitative estimate of drug-likeness (QED) is 0.226. The number of carbonyl (C=O) groups excluding carboxylic acids is 4. The fourth-order valence-electron chi connectivity index (χ4n) is 2.74. The molecule has 0 aliphatic heterocycles. The van der Waals surface area contributed by atoms with Crippen LogP contribution in [0.5, 0.6) is 11.5 Å². The van der Waals surface area contributed by atoms with E-state index in [0.717, 1.165) is 19.3 Å². The summed E-state index contributed by atoms with van der Waals surface area (Å²) in [6, 6.07) is 3.56. The molecule has 2 N–H and O–H groups in total. The summed E-state index contributed by atoms with van der Waals surface area (Å²) in [5, 5.41) is 0. The second kappa shape index (κ2) is 14.7. The number of carbonyl (C=O) groups is 4. The molecule has 1 aromatic carbocycles. The standard InChI is InChI=1S/C28H43NO9/c1-9-10-11-14-34-26(33)35-17-18(2)36-23(30)20(29)15-19-12-13-21(37-24(31)27(3,4)5)22(16-19)38-25(32)28(6,7)8/h12-13,16,18,20H,9-11,14-15,17,29H2,1-8H3/t18-,20-/m0/s1. The van der Waals surface area contributed by atoms with Crippen LogP contribution in [-0.4, -0.2) is 49.4 Å². The Labute approximate surface area is 225 Å². The monoisotopic (exact) mass is 537 g/mol. The van der Waals surface area contributed by atoms with Gasteiger partial charge in [0.2, 0.25) is 0 Å². The van der Waals surface area contributed by atoms with E-state index in [-0.39, 0.29) is 31.1 Å². The van der Waals surface area contributed by atoms with Crippen LogP contribution in [0, 0.1) is 10.8 Å². The van der Waals surface area contributed by atoms with Gasteiger partial charge in [0.05, 0.1) is 17.4 Å². The largest absolute Gasteiger partial charge is 0.508 e. The van der Waals surface area contributed by atoms with E-state index in [9.17, 15) is 19.2 Å². The van der Waals surface area contributed by atoms with Gasteiger partial charge in [-0.25, -0.2) is 4.79 Å². The van der Waals surface area contributed by atoms with Crippen molar-refractivity contribution in [1.29, 1.82) is 0 Å². The van der Waals surface area contributed by atoms with Gasteiger partial charge in [0, 0.05) is 0 Å². The Hall–Kier alpha value is -3.14. The molecule has 0 spiro atoms. The van der Waals surface area contributed by atoms with Gasteiger partial charge in [-0.2, -0.15) is 0 Å². The van der Waals surface area contributed by atoms with Crippen molar-refractivity contribution in [2.45, 2.75) is 93.2 Å². The van der Waals surface area contributed by atoms with E-state index < -0.39 is 47.0 Å². The van der Waals surface area contributed by atoms with Crippen LogP contribution in [0.15, 0.2) is 18.2 Å². The van der Waals surface area contributed by atoms with E-state index in [2.05, 4.69) is 0 Å². The van der Waals surface area contributed by atoms with Crippen molar-refractivity contribution in [2.75, 3.05) is 13.2 Å². The highest BCUT2D eigenvalue weighted by Crippen LogP contribution is 2.33. The maximum absolute atomic E-state index is 12.5. The molecule has 0 saturated carbocycles. The van der Waals surface area contributed by atoms with Crippen molar-refractivity contribution in [3.63, 3.8) is 0 Å². The number of unbranched alkanes of at least 4 members (excludes halogenated alkanes) is 2. The first-order chi connectivity index (χ1) is 17.5. The molecule has 0 radical (unpaired) electrons. The molecule has 0 bridgehead atoms. The number of benzene rings is 1. The van der Waals surface area contributed by atoms with E-state index in [1.165, 1.54) is 12.1 Å². The van der Waals surface area contributed by atoms with Gasteiger partial charge in [0.1, 0.15) is 18.8 Å². The maximum Gasteiger partial charge on any atom is 0.508 e. The third kappa shape index (κ3) is 11.9. The molecular weight excluding hydrogens is 494 g/mol. The Morgan fingerprint density at radius 2 is 1.45 bits per heavy atom. The Balaban J connectivity index is 2.83. The molecule has 0 unspecified atom stereocenters. The Bertz CT molecular complexity index is 960. The van der Waals surface area contributed by atoms with Crippen molar-refractivity contribution in [1.82, 2.24) is 0 Å². The highest BCUT2D eigenvalue weighted by atomic mass is 16.7. The first-order valence-corrected chi connectivity index (χ1v) is 12.9. The van der Waals surface area contributed by atoms with Crippen molar-refractivity contribution in [3.8, 4) is 11.5 Å². The Kier molecular flexibility index (Phi) is 12.7. The number of ether oxygens (including phenoxy) is 5. The molecule has 0 aromatic heterocycles. The number of esters is 3. The number of hydrogen-bond donors (Lipinski definition) is 1. The van der Waals surface area contributed by atoms with Crippen LogP contribution in [0.25, 0.3) is 0 Å². The smallest absolute Gasteiger partial charge is 0.458 e. The molecule has 0 heterocycles. The summed E-state index contributed by atoms with van der Waals surface area (Å²) in [5.74, 6) is -1.60. The minimum Gasteiger partial charge on any atom is -0.458 e. The molecule has 10 heteroatoms. The second-order valence-corrected chi connectivity index (χ2v) is 11.2. The first-order valence-electron chi connectivity index (χ1n) is 12.9. The van der Waals surface area contributed by atoms with Crippen molar-refractivity contribution < 1.29 is 42.9 Å². The summed E-state index contributed by atoms with van der Waals surface area (Å²) in [6.45, 7) is 13.9. The highest BCUT2D eigenvalue weighted by molar-refractivity contribution is 5.81. The lowest BCUT2D eigenvalue weighted by Gasteiger charge is -2.21. The van der Waals surface area contributed by atoms with Crippen LogP contribution in [-0.2, 0) is 35.0 Å². The van der Waals surface area contributed by atoms with Crippen molar-refractivity contribution in [2.24, 2.45) is 16.6 Å². The predicted molar refractivity (Wildman–Crippen MR) is 141 cm³/mol. The average molecular weight is 538 g/mol. The summed E-state index contributed by atoms with van der Waals surface area (Å²) in [7, 11) is 0. The zero-order valence-corrected chi connectivity index (χ0v) is 23.9. The summed E-state index contributed by atoms with van der Waals surface area (Å²) in [5.41, 5.74) is 5.02. The third-order valence-corrected chi connectivity index (χ3v) is 5.12. The summed E-state index contributed by atoms with van der Waals surface area (Å²) >= 11 is 0. The molecule has 0 aliphatic carbocycles. The molecule has 0 fully saturated rings. The zero-order valence-electron chi connectivity index (χ0n) is 23.9. The molecule has 2 atom stereocenters. The topological polar surface area (TPSA) is 140 Å². The molecule has 38 heavy (non-hydrogen) atoms. The molecule has 0 aliphatic rings. The van der Waals surface area contributed by atoms with Crippen LogP contribution in [0.3, 0.4) is 0 Å². The summed E-state index contributed by atoms with van der Waals surface area (Å²) in [4.78, 5) is 49.0. The minimum atomic E-state index is -1.05. The molecule has 10 nitrogen and oxygen atoms in total. The van der Waals surface area contributed by atoms with Gasteiger partial charge >= 0.3 is 24.1 Å². The van der Waals surface area contributed by atoms with E-state index in [4.69, 9.17) is 29.4 Å². The van der Waals surface area contributed by atoms with Crippen LogP contribution in [0.2, 0.25) is 0 Å². The van der Waals surface area contributed by atoms with Crippen molar-refractivity contribution >= 4 is 24.1 Å². The predicted octanol–water partition coefficient (Wildman–Crippen LogP) is 4.73. The van der Waals surface area contributed by atoms with Gasteiger partial charge in [-0.1, -0.05) is 25.8 Å². The lowest BCUT2D eigenvalue weighted by Crippen LogP contribution is -2.37. The van der Waals surface area contributed by atoms with E-state index in [1.807, 2.05) is 6.92 Å².